The Morgan fingerprint density at radius 3 is 3.00 bits per heavy atom. The van der Waals surface area contributed by atoms with E-state index in [0.717, 1.165) is 25.3 Å². The molecule has 0 saturated heterocycles. The molecular weight excluding hydrogens is 228 g/mol. The molecule has 4 heteroatoms. The number of aryl methyl sites for hydroxylation is 1. The molecule has 100 valence electrons. The van der Waals surface area contributed by atoms with Crippen LogP contribution >= 0.6 is 0 Å². The van der Waals surface area contributed by atoms with Gasteiger partial charge >= 0.3 is 0 Å². The van der Waals surface area contributed by atoms with E-state index in [0.29, 0.717) is 6.04 Å². The Morgan fingerprint density at radius 1 is 1.50 bits per heavy atom. The Kier molecular flexibility index (Phi) is 4.69. The number of methoxy groups -OCH3 is 1. The smallest absolute Gasteiger partial charge is 0.0986 e. The Labute approximate surface area is 109 Å². The average molecular weight is 250 g/mol. The maximum atomic E-state index is 5.61. The number of hydrogen-bond donors (Lipinski definition) is 1. The van der Waals surface area contributed by atoms with Gasteiger partial charge in [-0.1, -0.05) is 6.07 Å². The summed E-state index contributed by atoms with van der Waals surface area (Å²) >= 11 is 0. The maximum Gasteiger partial charge on any atom is 0.0986 e. The zero-order valence-electron chi connectivity index (χ0n) is 11.3. The van der Waals surface area contributed by atoms with E-state index in [-0.39, 0.29) is 12.2 Å². The summed E-state index contributed by atoms with van der Waals surface area (Å²) in [7, 11) is 1.75. The van der Waals surface area contributed by atoms with E-state index in [1.807, 2.05) is 19.2 Å². The van der Waals surface area contributed by atoms with E-state index in [9.17, 15) is 0 Å². The Hall–Kier alpha value is -0.970. The van der Waals surface area contributed by atoms with Gasteiger partial charge in [-0.2, -0.15) is 0 Å². The van der Waals surface area contributed by atoms with Crippen molar-refractivity contribution >= 4 is 0 Å². The Balaban J connectivity index is 1.83. The van der Waals surface area contributed by atoms with Crippen molar-refractivity contribution < 1.29 is 9.47 Å². The first kappa shape index (κ1) is 13.5. The van der Waals surface area contributed by atoms with Gasteiger partial charge in [-0.15, -0.1) is 0 Å². The lowest BCUT2D eigenvalue weighted by Gasteiger charge is -2.43. The van der Waals surface area contributed by atoms with Crippen molar-refractivity contribution in [3.05, 3.63) is 29.6 Å². The van der Waals surface area contributed by atoms with Crippen molar-refractivity contribution in [3.63, 3.8) is 0 Å². The standard InChI is InChI=1S/C14H22N2O2/c1-4-18-13-8-11(14(13)17-3)16-9-12-10(2)6-5-7-15-12/h5-7,11,13-14,16H,4,8-9H2,1-3H3. The highest BCUT2D eigenvalue weighted by atomic mass is 16.5. The van der Waals surface area contributed by atoms with Crippen molar-refractivity contribution in [2.45, 2.75) is 45.1 Å². The van der Waals surface area contributed by atoms with E-state index in [2.05, 4.69) is 23.3 Å². The minimum Gasteiger partial charge on any atom is -0.377 e. The monoisotopic (exact) mass is 250 g/mol. The number of nitrogens with one attached hydrogen (secondary N) is 1. The van der Waals surface area contributed by atoms with E-state index < -0.39 is 0 Å². The summed E-state index contributed by atoms with van der Waals surface area (Å²) in [6.45, 7) is 5.64. The molecule has 2 rings (SSSR count). The van der Waals surface area contributed by atoms with Crippen LogP contribution in [-0.2, 0) is 16.0 Å². The van der Waals surface area contributed by atoms with Gasteiger partial charge in [0.2, 0.25) is 0 Å². The lowest BCUT2D eigenvalue weighted by molar-refractivity contribution is -0.131. The van der Waals surface area contributed by atoms with Gasteiger partial charge in [0.15, 0.2) is 0 Å². The third-order valence-corrected chi connectivity index (χ3v) is 3.55. The molecule has 1 saturated carbocycles. The number of nitrogens with zero attached hydrogens (tertiary/aromatic N) is 1. The topological polar surface area (TPSA) is 43.4 Å². The summed E-state index contributed by atoms with van der Waals surface area (Å²) in [5.74, 6) is 0. The zero-order chi connectivity index (χ0) is 13.0. The molecule has 1 fully saturated rings. The second-order valence-corrected chi connectivity index (χ2v) is 4.68. The first-order valence-corrected chi connectivity index (χ1v) is 6.54. The summed E-state index contributed by atoms with van der Waals surface area (Å²) in [6.07, 6.45) is 3.25. The summed E-state index contributed by atoms with van der Waals surface area (Å²) in [5.41, 5.74) is 2.33. The van der Waals surface area contributed by atoms with Crippen LogP contribution in [0.3, 0.4) is 0 Å². The van der Waals surface area contributed by atoms with Crippen molar-refractivity contribution in [2.75, 3.05) is 13.7 Å². The number of hydrogen-bond acceptors (Lipinski definition) is 4. The third-order valence-electron chi connectivity index (χ3n) is 3.55. The molecule has 0 spiro atoms. The lowest BCUT2D eigenvalue weighted by atomic mass is 9.85. The predicted octanol–water partition coefficient (Wildman–Crippen LogP) is 1.67. The number of aromatic nitrogens is 1. The minimum absolute atomic E-state index is 0.161. The SMILES string of the molecule is CCOC1CC(NCc2ncccc2C)C1OC. The van der Waals surface area contributed by atoms with E-state index in [1.165, 1.54) is 5.56 Å². The molecule has 4 nitrogen and oxygen atoms in total. The molecule has 0 aliphatic heterocycles. The van der Waals surface area contributed by atoms with Gasteiger partial charge in [0, 0.05) is 32.5 Å². The average Bonchev–Trinajstić information content (AvgIpc) is 2.35. The normalized spacial score (nSPS) is 26.9. The molecule has 0 aromatic carbocycles. The van der Waals surface area contributed by atoms with Crippen LogP contribution in [0.2, 0.25) is 0 Å². The lowest BCUT2D eigenvalue weighted by Crippen LogP contribution is -2.59. The van der Waals surface area contributed by atoms with Crippen LogP contribution in [-0.4, -0.2) is 37.0 Å². The molecule has 1 aliphatic rings. The van der Waals surface area contributed by atoms with Crippen LogP contribution in [0.1, 0.15) is 24.6 Å². The first-order chi connectivity index (χ1) is 8.76. The molecule has 1 heterocycles. The highest BCUT2D eigenvalue weighted by molar-refractivity contribution is 5.17. The Bertz CT molecular complexity index is 384. The molecule has 0 bridgehead atoms. The van der Waals surface area contributed by atoms with E-state index in [1.54, 1.807) is 7.11 Å². The molecule has 18 heavy (non-hydrogen) atoms. The highest BCUT2D eigenvalue weighted by Crippen LogP contribution is 2.27. The van der Waals surface area contributed by atoms with Crippen molar-refractivity contribution in [2.24, 2.45) is 0 Å². The molecule has 0 radical (unpaired) electrons. The zero-order valence-corrected chi connectivity index (χ0v) is 11.3. The van der Waals surface area contributed by atoms with Crippen LogP contribution < -0.4 is 5.32 Å². The van der Waals surface area contributed by atoms with Crippen LogP contribution in [0, 0.1) is 6.92 Å². The van der Waals surface area contributed by atoms with Gasteiger partial charge < -0.3 is 14.8 Å². The van der Waals surface area contributed by atoms with Gasteiger partial charge in [-0.05, 0) is 31.9 Å². The van der Waals surface area contributed by atoms with Gasteiger partial charge in [0.05, 0.1) is 17.9 Å². The molecule has 3 atom stereocenters. The van der Waals surface area contributed by atoms with Crippen molar-refractivity contribution in [1.29, 1.82) is 0 Å². The van der Waals surface area contributed by atoms with Gasteiger partial charge in [0.1, 0.15) is 0 Å². The van der Waals surface area contributed by atoms with E-state index >= 15 is 0 Å². The fourth-order valence-electron chi connectivity index (χ4n) is 2.41. The molecule has 1 aliphatic carbocycles. The van der Waals surface area contributed by atoms with Crippen LogP contribution in [0.15, 0.2) is 18.3 Å². The molecule has 0 amide bonds. The first-order valence-electron chi connectivity index (χ1n) is 6.54. The van der Waals surface area contributed by atoms with Gasteiger partial charge in [0.25, 0.3) is 0 Å². The summed E-state index contributed by atoms with van der Waals surface area (Å²) in [5, 5.41) is 3.50. The highest BCUT2D eigenvalue weighted by Gasteiger charge is 2.41. The molecule has 1 aromatic rings. The Morgan fingerprint density at radius 2 is 2.33 bits per heavy atom. The van der Waals surface area contributed by atoms with Gasteiger partial charge in [-0.3, -0.25) is 4.98 Å². The number of ether oxygens (including phenoxy) is 2. The second-order valence-electron chi connectivity index (χ2n) is 4.68. The summed E-state index contributed by atoms with van der Waals surface area (Å²) < 4.78 is 11.1. The van der Waals surface area contributed by atoms with Crippen LogP contribution in [0.25, 0.3) is 0 Å². The number of pyridine rings is 1. The fraction of sp³-hybridized carbons (Fsp3) is 0.643. The third kappa shape index (κ3) is 2.88. The van der Waals surface area contributed by atoms with Crippen LogP contribution in [0.4, 0.5) is 0 Å². The fourth-order valence-corrected chi connectivity index (χ4v) is 2.41. The van der Waals surface area contributed by atoms with E-state index in [4.69, 9.17) is 9.47 Å². The van der Waals surface area contributed by atoms with Crippen molar-refractivity contribution in [3.8, 4) is 0 Å². The maximum absolute atomic E-state index is 5.61. The van der Waals surface area contributed by atoms with Crippen LogP contribution in [0.5, 0.6) is 0 Å². The largest absolute Gasteiger partial charge is 0.377 e. The number of rotatable bonds is 6. The molecular formula is C14H22N2O2. The predicted molar refractivity (Wildman–Crippen MR) is 70.4 cm³/mol. The van der Waals surface area contributed by atoms with Gasteiger partial charge in [-0.25, -0.2) is 0 Å². The molecule has 1 N–H and O–H groups in total. The van der Waals surface area contributed by atoms with Crippen molar-refractivity contribution in [1.82, 2.24) is 10.3 Å². The summed E-state index contributed by atoms with van der Waals surface area (Å²) in [4.78, 5) is 4.38. The quantitative estimate of drug-likeness (QED) is 0.834. The molecule has 1 aromatic heterocycles. The minimum atomic E-state index is 0.161. The molecule has 3 unspecified atom stereocenters. The summed E-state index contributed by atoms with van der Waals surface area (Å²) in [6, 6.07) is 4.42. The second kappa shape index (κ2) is 6.27.